The SMILES string of the molecule is CCP(=O)(CC)N(C)c1ccnn1-c1c(Cl)cc(Cl)cc1Cl. The Morgan fingerprint density at radius 1 is 1.18 bits per heavy atom. The molecule has 4 nitrogen and oxygen atoms in total. The van der Waals surface area contributed by atoms with Gasteiger partial charge in [-0.2, -0.15) is 5.10 Å². The molecule has 0 unspecified atom stereocenters. The van der Waals surface area contributed by atoms with Gasteiger partial charge in [0.05, 0.1) is 16.2 Å². The Labute approximate surface area is 145 Å². The van der Waals surface area contributed by atoms with Crippen LogP contribution in [-0.4, -0.2) is 29.2 Å². The number of halogens is 3. The van der Waals surface area contributed by atoms with Gasteiger partial charge in [-0.15, -0.1) is 0 Å². The predicted octanol–water partition coefficient (Wildman–Crippen LogP) is 5.59. The van der Waals surface area contributed by atoms with Crippen LogP contribution in [0.3, 0.4) is 0 Å². The molecule has 1 aromatic carbocycles. The molecule has 8 heteroatoms. The highest BCUT2D eigenvalue weighted by molar-refractivity contribution is 7.65. The van der Waals surface area contributed by atoms with Crippen molar-refractivity contribution in [2.24, 2.45) is 0 Å². The molecule has 22 heavy (non-hydrogen) atoms. The first-order chi connectivity index (χ1) is 10.3. The smallest absolute Gasteiger partial charge is 0.172 e. The zero-order chi connectivity index (χ0) is 16.5. The molecule has 1 heterocycles. The van der Waals surface area contributed by atoms with Crippen LogP contribution in [-0.2, 0) is 4.57 Å². The summed E-state index contributed by atoms with van der Waals surface area (Å²) in [6.45, 7) is 3.84. The zero-order valence-corrected chi connectivity index (χ0v) is 15.7. The topological polar surface area (TPSA) is 38.1 Å². The van der Waals surface area contributed by atoms with Crippen molar-refractivity contribution in [3.63, 3.8) is 0 Å². The molecule has 0 saturated carbocycles. The Morgan fingerprint density at radius 3 is 2.23 bits per heavy atom. The van der Waals surface area contributed by atoms with E-state index in [2.05, 4.69) is 5.10 Å². The maximum atomic E-state index is 13.0. The Kier molecular flexibility index (Phi) is 5.50. The van der Waals surface area contributed by atoms with E-state index in [-0.39, 0.29) is 0 Å². The van der Waals surface area contributed by atoms with Crippen molar-refractivity contribution in [2.75, 3.05) is 24.0 Å². The predicted molar refractivity (Wildman–Crippen MR) is 95.7 cm³/mol. The van der Waals surface area contributed by atoms with E-state index in [1.54, 1.807) is 40.8 Å². The Balaban J connectivity index is 2.58. The Bertz CT molecular complexity index is 701. The summed E-state index contributed by atoms with van der Waals surface area (Å²) in [4.78, 5) is 0. The highest BCUT2D eigenvalue weighted by atomic mass is 35.5. The summed E-state index contributed by atoms with van der Waals surface area (Å²) in [6, 6.07) is 5.00. The molecule has 0 atom stereocenters. The van der Waals surface area contributed by atoms with Crippen molar-refractivity contribution in [1.82, 2.24) is 9.78 Å². The molecule has 0 radical (unpaired) electrons. The van der Waals surface area contributed by atoms with Crippen molar-refractivity contribution >= 4 is 47.9 Å². The highest BCUT2D eigenvalue weighted by Gasteiger charge is 2.27. The fraction of sp³-hybridized carbons (Fsp3) is 0.357. The van der Waals surface area contributed by atoms with Crippen molar-refractivity contribution < 1.29 is 4.57 Å². The van der Waals surface area contributed by atoms with Gasteiger partial charge in [0.1, 0.15) is 11.5 Å². The molecule has 0 aliphatic carbocycles. The molecule has 0 saturated heterocycles. The summed E-state index contributed by atoms with van der Waals surface area (Å²) in [5, 5.41) is 5.51. The molecule has 2 rings (SSSR count). The van der Waals surface area contributed by atoms with E-state index in [4.69, 9.17) is 34.8 Å². The maximum absolute atomic E-state index is 13.0. The average molecular weight is 381 g/mol. The maximum Gasteiger partial charge on any atom is 0.172 e. The molecule has 0 amide bonds. The molecular formula is C14H17Cl3N3OP. The summed E-state index contributed by atoms with van der Waals surface area (Å²) >= 11 is 18.5. The normalized spacial score (nSPS) is 11.7. The Hall–Kier alpha value is -0.670. The highest BCUT2D eigenvalue weighted by Crippen LogP contribution is 2.50. The molecule has 2 aromatic rings. The standard InChI is InChI=1S/C14H17Cl3N3OP/c1-4-22(21,5-2)19(3)13-6-7-18-20(13)14-11(16)8-10(15)9-12(14)17/h6-9H,4-5H2,1-3H3. The molecule has 1 aromatic heterocycles. The van der Waals surface area contributed by atoms with E-state index in [9.17, 15) is 4.57 Å². The third-order valence-corrected chi connectivity index (χ3v) is 7.75. The van der Waals surface area contributed by atoms with Gasteiger partial charge in [-0.25, -0.2) is 4.68 Å². The van der Waals surface area contributed by atoms with Crippen LogP contribution in [0, 0.1) is 0 Å². The molecule has 0 spiro atoms. The lowest BCUT2D eigenvalue weighted by atomic mass is 10.3. The lowest BCUT2D eigenvalue weighted by Gasteiger charge is -2.29. The summed E-state index contributed by atoms with van der Waals surface area (Å²) < 4.78 is 16.3. The summed E-state index contributed by atoms with van der Waals surface area (Å²) in [5.74, 6) is 0.679. The number of anilines is 1. The Morgan fingerprint density at radius 2 is 1.73 bits per heavy atom. The van der Waals surface area contributed by atoms with E-state index in [0.717, 1.165) is 0 Å². The first kappa shape index (κ1) is 17.7. The number of aromatic nitrogens is 2. The van der Waals surface area contributed by atoms with Gasteiger partial charge in [-0.3, -0.25) is 0 Å². The van der Waals surface area contributed by atoms with E-state index in [1.165, 1.54) is 0 Å². The molecule has 0 bridgehead atoms. The first-order valence-electron chi connectivity index (χ1n) is 6.85. The van der Waals surface area contributed by atoms with E-state index in [0.29, 0.717) is 38.9 Å². The van der Waals surface area contributed by atoms with Gasteiger partial charge < -0.3 is 9.24 Å². The zero-order valence-electron chi connectivity index (χ0n) is 12.6. The fourth-order valence-electron chi connectivity index (χ4n) is 2.29. The number of hydrogen-bond donors (Lipinski definition) is 0. The molecular weight excluding hydrogens is 364 g/mol. The van der Waals surface area contributed by atoms with Gasteiger partial charge in [0, 0.05) is 30.5 Å². The number of benzene rings is 1. The van der Waals surface area contributed by atoms with Gasteiger partial charge in [-0.05, 0) is 12.1 Å². The molecule has 120 valence electrons. The third kappa shape index (κ3) is 3.16. The largest absolute Gasteiger partial charge is 0.310 e. The van der Waals surface area contributed by atoms with Crippen LogP contribution in [0.1, 0.15) is 13.8 Å². The van der Waals surface area contributed by atoms with Gasteiger partial charge in [0.2, 0.25) is 0 Å². The minimum atomic E-state index is -2.49. The lowest BCUT2D eigenvalue weighted by Crippen LogP contribution is -2.20. The second-order valence-electron chi connectivity index (χ2n) is 4.82. The molecule has 0 N–H and O–H groups in total. The number of nitrogens with zero attached hydrogens (tertiary/aromatic N) is 3. The van der Waals surface area contributed by atoms with E-state index >= 15 is 0 Å². The second-order valence-corrected chi connectivity index (χ2v) is 9.63. The second kappa shape index (κ2) is 6.84. The van der Waals surface area contributed by atoms with Crippen molar-refractivity contribution in [1.29, 1.82) is 0 Å². The summed E-state index contributed by atoms with van der Waals surface area (Å²) in [7, 11) is -0.683. The van der Waals surface area contributed by atoms with E-state index < -0.39 is 7.29 Å². The van der Waals surface area contributed by atoms with Crippen molar-refractivity contribution in [2.45, 2.75) is 13.8 Å². The third-order valence-electron chi connectivity index (χ3n) is 3.68. The van der Waals surface area contributed by atoms with Crippen LogP contribution >= 0.6 is 42.1 Å². The monoisotopic (exact) mass is 379 g/mol. The number of hydrogen-bond acceptors (Lipinski definition) is 2. The van der Waals surface area contributed by atoms with Crippen LogP contribution in [0.5, 0.6) is 0 Å². The van der Waals surface area contributed by atoms with Crippen LogP contribution in [0.2, 0.25) is 15.1 Å². The van der Waals surface area contributed by atoms with Crippen LogP contribution in [0.15, 0.2) is 24.4 Å². The molecule has 0 aliphatic heterocycles. The number of rotatable bonds is 5. The summed E-state index contributed by atoms with van der Waals surface area (Å²) in [6.07, 6.45) is 2.78. The first-order valence-corrected chi connectivity index (χ1v) is 10.0. The average Bonchev–Trinajstić information content (AvgIpc) is 2.93. The molecule has 0 aliphatic rings. The minimum Gasteiger partial charge on any atom is -0.310 e. The van der Waals surface area contributed by atoms with Crippen LogP contribution < -0.4 is 4.67 Å². The summed E-state index contributed by atoms with van der Waals surface area (Å²) in [5.41, 5.74) is 0.526. The van der Waals surface area contributed by atoms with Gasteiger partial charge in [-0.1, -0.05) is 48.7 Å². The van der Waals surface area contributed by atoms with E-state index in [1.807, 2.05) is 13.8 Å². The van der Waals surface area contributed by atoms with Crippen LogP contribution in [0.25, 0.3) is 5.69 Å². The minimum absolute atomic E-state index is 0.388. The quantitative estimate of drug-likeness (QED) is 0.635. The van der Waals surface area contributed by atoms with Crippen molar-refractivity contribution in [3.05, 3.63) is 39.5 Å². The van der Waals surface area contributed by atoms with Crippen molar-refractivity contribution in [3.8, 4) is 5.69 Å². The molecule has 0 fully saturated rings. The lowest BCUT2D eigenvalue weighted by molar-refractivity contribution is 0.574. The fourth-order valence-corrected chi connectivity index (χ4v) is 5.08. The van der Waals surface area contributed by atoms with Crippen LogP contribution in [0.4, 0.5) is 5.82 Å². The van der Waals surface area contributed by atoms with Gasteiger partial charge >= 0.3 is 0 Å². The van der Waals surface area contributed by atoms with Gasteiger partial charge in [0.25, 0.3) is 0 Å². The van der Waals surface area contributed by atoms with Gasteiger partial charge in [0.15, 0.2) is 7.29 Å².